The van der Waals surface area contributed by atoms with Crippen LogP contribution in [0.25, 0.3) is 0 Å². The Labute approximate surface area is 156 Å². The molecule has 144 valence electrons. The summed E-state index contributed by atoms with van der Waals surface area (Å²) in [5.41, 5.74) is 0.193. The van der Waals surface area contributed by atoms with Gasteiger partial charge in [0.25, 0.3) is 0 Å². The van der Waals surface area contributed by atoms with Crippen LogP contribution in [0, 0.1) is 42.2 Å². The molecule has 26 heavy (non-hydrogen) atoms. The molecule has 0 amide bonds. The lowest BCUT2D eigenvalue weighted by Crippen LogP contribution is -2.28. The first-order chi connectivity index (χ1) is 12.5. The predicted octanol–water partition coefficient (Wildman–Crippen LogP) is 6.87. The highest BCUT2D eigenvalue weighted by molar-refractivity contribution is 5.98. The zero-order valence-corrected chi connectivity index (χ0v) is 16.2. The van der Waals surface area contributed by atoms with Crippen LogP contribution in [-0.2, 0) is 0 Å². The van der Waals surface area contributed by atoms with Crippen molar-refractivity contribution in [3.05, 3.63) is 34.9 Å². The van der Waals surface area contributed by atoms with Crippen molar-refractivity contribution in [1.29, 1.82) is 0 Å². The maximum atomic E-state index is 14.1. The summed E-state index contributed by atoms with van der Waals surface area (Å²) in [6, 6.07) is 2.96. The van der Waals surface area contributed by atoms with Crippen LogP contribution in [0.15, 0.2) is 12.1 Å². The fourth-order valence-corrected chi connectivity index (χ4v) is 5.27. The first-order valence-corrected chi connectivity index (χ1v) is 10.5. The zero-order valence-electron chi connectivity index (χ0n) is 16.2. The van der Waals surface area contributed by atoms with Gasteiger partial charge in [-0.2, -0.15) is 0 Å². The molecular formula is C23H32F2O. The van der Waals surface area contributed by atoms with Crippen LogP contribution in [0.4, 0.5) is 8.78 Å². The molecule has 0 atom stereocenters. The van der Waals surface area contributed by atoms with Crippen molar-refractivity contribution < 1.29 is 13.6 Å². The Morgan fingerprint density at radius 2 is 1.50 bits per heavy atom. The molecule has 2 aliphatic carbocycles. The first kappa shape index (κ1) is 19.5. The van der Waals surface area contributed by atoms with Gasteiger partial charge in [0.15, 0.2) is 17.4 Å². The molecule has 2 aliphatic rings. The summed E-state index contributed by atoms with van der Waals surface area (Å²) in [6.07, 6.45) is 11.9. The number of Topliss-reactive ketones (excluding diaryl/α,β-unsaturated/α-hetero) is 1. The van der Waals surface area contributed by atoms with Crippen LogP contribution < -0.4 is 0 Å². The van der Waals surface area contributed by atoms with Gasteiger partial charge in [0.2, 0.25) is 0 Å². The number of rotatable bonds is 5. The van der Waals surface area contributed by atoms with Gasteiger partial charge in [-0.15, -0.1) is 0 Å². The molecule has 0 saturated heterocycles. The number of aryl methyl sites for hydroxylation is 1. The molecular weight excluding hydrogens is 330 g/mol. The van der Waals surface area contributed by atoms with Gasteiger partial charge in [0, 0.05) is 5.92 Å². The topological polar surface area (TPSA) is 17.1 Å². The fraction of sp³-hybridized carbons (Fsp3) is 0.696. The molecule has 1 nitrogen and oxygen atoms in total. The summed E-state index contributed by atoms with van der Waals surface area (Å²) < 4.78 is 27.9. The molecule has 3 rings (SSSR count). The maximum Gasteiger partial charge on any atom is 0.169 e. The zero-order chi connectivity index (χ0) is 18.7. The van der Waals surface area contributed by atoms with E-state index in [0.717, 1.165) is 43.4 Å². The molecule has 0 radical (unpaired) electrons. The van der Waals surface area contributed by atoms with Crippen molar-refractivity contribution in [1.82, 2.24) is 0 Å². The Balaban J connectivity index is 1.54. The van der Waals surface area contributed by atoms with E-state index in [1.54, 1.807) is 0 Å². The Bertz CT molecular complexity index is 623. The molecule has 2 fully saturated rings. The van der Waals surface area contributed by atoms with E-state index in [4.69, 9.17) is 0 Å². The molecule has 0 aromatic heterocycles. The average Bonchev–Trinajstić information content (AvgIpc) is 2.67. The van der Waals surface area contributed by atoms with E-state index in [2.05, 4.69) is 6.92 Å². The van der Waals surface area contributed by atoms with E-state index in [9.17, 15) is 13.6 Å². The second-order valence-electron chi connectivity index (χ2n) is 8.60. The SMILES string of the molecule is CCCC1CCC(C2CCC(C(=O)c3ccc(C)c(F)c3F)CC2)CC1. The van der Waals surface area contributed by atoms with Crippen molar-refractivity contribution in [2.45, 2.75) is 78.1 Å². The Morgan fingerprint density at radius 1 is 0.923 bits per heavy atom. The van der Waals surface area contributed by atoms with Crippen molar-refractivity contribution >= 4 is 5.78 Å². The van der Waals surface area contributed by atoms with Crippen LogP contribution in [0.1, 0.15) is 87.1 Å². The van der Waals surface area contributed by atoms with Crippen LogP contribution in [0.2, 0.25) is 0 Å². The van der Waals surface area contributed by atoms with E-state index < -0.39 is 11.6 Å². The minimum Gasteiger partial charge on any atom is -0.294 e. The second kappa shape index (κ2) is 8.63. The summed E-state index contributed by atoms with van der Waals surface area (Å²) in [6.45, 7) is 3.79. The van der Waals surface area contributed by atoms with Crippen LogP contribution >= 0.6 is 0 Å². The highest BCUT2D eigenvalue weighted by Crippen LogP contribution is 2.42. The Morgan fingerprint density at radius 3 is 2.08 bits per heavy atom. The summed E-state index contributed by atoms with van der Waals surface area (Å²) in [4.78, 5) is 12.7. The summed E-state index contributed by atoms with van der Waals surface area (Å²) in [7, 11) is 0. The van der Waals surface area contributed by atoms with Crippen molar-refractivity contribution in [2.75, 3.05) is 0 Å². The lowest BCUT2D eigenvalue weighted by molar-refractivity contribution is 0.0823. The molecule has 0 unspecified atom stereocenters. The molecule has 0 bridgehead atoms. The monoisotopic (exact) mass is 362 g/mol. The lowest BCUT2D eigenvalue weighted by Gasteiger charge is -2.37. The molecule has 2 saturated carbocycles. The maximum absolute atomic E-state index is 14.1. The summed E-state index contributed by atoms with van der Waals surface area (Å²) in [5, 5.41) is 0. The number of hydrogen-bond acceptors (Lipinski definition) is 1. The summed E-state index contributed by atoms with van der Waals surface area (Å²) >= 11 is 0. The van der Waals surface area contributed by atoms with E-state index in [0.29, 0.717) is 0 Å². The average molecular weight is 363 g/mol. The fourth-order valence-electron chi connectivity index (χ4n) is 5.27. The third kappa shape index (κ3) is 4.18. The lowest BCUT2D eigenvalue weighted by atomic mass is 9.68. The molecule has 3 heteroatoms. The highest BCUT2D eigenvalue weighted by atomic mass is 19.2. The largest absolute Gasteiger partial charge is 0.294 e. The number of carbonyl (C=O) groups is 1. The normalized spacial score (nSPS) is 29.5. The van der Waals surface area contributed by atoms with Gasteiger partial charge in [-0.05, 0) is 74.8 Å². The Kier molecular flexibility index (Phi) is 6.47. The molecule has 0 N–H and O–H groups in total. The molecule has 1 aromatic carbocycles. The minimum atomic E-state index is -0.966. The van der Waals surface area contributed by atoms with Gasteiger partial charge in [0.1, 0.15) is 0 Å². The van der Waals surface area contributed by atoms with Gasteiger partial charge in [-0.3, -0.25) is 4.79 Å². The van der Waals surface area contributed by atoms with Crippen LogP contribution in [0.5, 0.6) is 0 Å². The molecule has 0 spiro atoms. The van der Waals surface area contributed by atoms with Crippen LogP contribution in [-0.4, -0.2) is 5.78 Å². The summed E-state index contributed by atoms with van der Waals surface area (Å²) in [5.74, 6) is 0.271. The number of halogens is 2. The van der Waals surface area contributed by atoms with Crippen LogP contribution in [0.3, 0.4) is 0 Å². The smallest absolute Gasteiger partial charge is 0.169 e. The standard InChI is InChI=1S/C23H32F2O/c1-3-4-16-6-8-17(9-7-16)18-10-12-19(13-11-18)23(26)20-14-5-15(2)21(24)22(20)25/h5,14,16-19H,3-4,6-13H2,1-2H3. The molecule has 1 aromatic rings. The number of carbonyl (C=O) groups excluding carboxylic acids is 1. The van der Waals surface area contributed by atoms with Gasteiger partial charge >= 0.3 is 0 Å². The number of ketones is 1. The first-order valence-electron chi connectivity index (χ1n) is 10.5. The van der Waals surface area contributed by atoms with Gasteiger partial charge in [-0.25, -0.2) is 8.78 Å². The number of benzene rings is 1. The second-order valence-corrected chi connectivity index (χ2v) is 8.60. The molecule has 0 aliphatic heterocycles. The minimum absolute atomic E-state index is 0.0587. The predicted molar refractivity (Wildman–Crippen MR) is 101 cm³/mol. The van der Waals surface area contributed by atoms with E-state index in [1.165, 1.54) is 57.6 Å². The van der Waals surface area contributed by atoms with Crippen molar-refractivity contribution in [2.24, 2.45) is 23.7 Å². The number of hydrogen-bond donors (Lipinski definition) is 0. The van der Waals surface area contributed by atoms with Crippen molar-refractivity contribution in [3.8, 4) is 0 Å². The van der Waals surface area contributed by atoms with Crippen molar-refractivity contribution in [3.63, 3.8) is 0 Å². The third-order valence-electron chi connectivity index (χ3n) is 6.94. The third-order valence-corrected chi connectivity index (χ3v) is 6.94. The van der Waals surface area contributed by atoms with E-state index in [1.807, 2.05) is 0 Å². The van der Waals surface area contributed by atoms with Gasteiger partial charge < -0.3 is 0 Å². The Hall–Kier alpha value is -1.25. The van der Waals surface area contributed by atoms with E-state index in [-0.39, 0.29) is 22.8 Å². The van der Waals surface area contributed by atoms with Gasteiger partial charge in [0.05, 0.1) is 5.56 Å². The quantitative estimate of drug-likeness (QED) is 0.522. The van der Waals surface area contributed by atoms with E-state index >= 15 is 0 Å². The molecule has 0 heterocycles. The highest BCUT2D eigenvalue weighted by Gasteiger charge is 2.34. The van der Waals surface area contributed by atoms with Gasteiger partial charge in [-0.1, -0.05) is 38.7 Å².